The summed E-state index contributed by atoms with van der Waals surface area (Å²) in [7, 11) is 1.60. The summed E-state index contributed by atoms with van der Waals surface area (Å²) in [4.78, 5) is 11.5. The molecular weight excluding hydrogens is 318 g/mol. The number of hydrogen-bond acceptors (Lipinski definition) is 4. The van der Waals surface area contributed by atoms with Gasteiger partial charge in [0.25, 0.3) is 0 Å². The smallest absolute Gasteiger partial charge is 0.306 e. The zero-order valence-corrected chi connectivity index (χ0v) is 14.3. The van der Waals surface area contributed by atoms with Gasteiger partial charge in [-0.2, -0.15) is 0 Å². The molecule has 5 heteroatoms. The van der Waals surface area contributed by atoms with E-state index in [9.17, 15) is 15.0 Å². The minimum atomic E-state index is -0.917. The summed E-state index contributed by atoms with van der Waals surface area (Å²) < 4.78 is 5.11. The van der Waals surface area contributed by atoms with E-state index in [4.69, 9.17) is 10.5 Å². The lowest BCUT2D eigenvalue weighted by Crippen LogP contribution is -2.39. The number of rotatable bonds is 9. The van der Waals surface area contributed by atoms with Crippen molar-refractivity contribution in [1.29, 1.82) is 0 Å². The third-order valence-electron chi connectivity index (χ3n) is 4.32. The van der Waals surface area contributed by atoms with Crippen LogP contribution in [0.15, 0.2) is 54.6 Å². The Balaban J connectivity index is 1.94. The molecule has 2 rings (SSSR count). The van der Waals surface area contributed by atoms with Gasteiger partial charge in [0.15, 0.2) is 0 Å². The molecule has 0 saturated heterocycles. The summed E-state index contributed by atoms with van der Waals surface area (Å²) in [5.74, 6) is -0.828. The molecule has 134 valence electrons. The molecule has 0 fully saturated rings. The number of carbonyl (C=O) groups is 1. The lowest BCUT2D eigenvalue weighted by molar-refractivity contribution is -0.142. The van der Waals surface area contributed by atoms with Crippen molar-refractivity contribution in [1.82, 2.24) is 0 Å². The van der Waals surface area contributed by atoms with Gasteiger partial charge in [-0.3, -0.25) is 4.79 Å². The maximum absolute atomic E-state index is 11.5. The molecule has 0 radical (unpaired) electrons. The summed E-state index contributed by atoms with van der Waals surface area (Å²) >= 11 is 0. The molecule has 2 aromatic carbocycles. The third-order valence-corrected chi connectivity index (χ3v) is 4.32. The van der Waals surface area contributed by atoms with Gasteiger partial charge in [0.2, 0.25) is 0 Å². The molecule has 4 N–H and O–H groups in total. The second-order valence-electron chi connectivity index (χ2n) is 6.24. The van der Waals surface area contributed by atoms with Crippen molar-refractivity contribution in [2.45, 2.75) is 31.4 Å². The molecule has 0 aromatic heterocycles. The molecule has 0 amide bonds. The zero-order valence-electron chi connectivity index (χ0n) is 14.3. The molecule has 0 aliphatic rings. The highest BCUT2D eigenvalue weighted by Gasteiger charge is 2.25. The number of methoxy groups -OCH3 is 1. The van der Waals surface area contributed by atoms with Gasteiger partial charge in [0.05, 0.1) is 19.1 Å². The summed E-state index contributed by atoms with van der Waals surface area (Å²) in [5, 5.41) is 19.8. The van der Waals surface area contributed by atoms with Crippen LogP contribution in [0.25, 0.3) is 0 Å². The lowest BCUT2D eigenvalue weighted by Gasteiger charge is -2.22. The van der Waals surface area contributed by atoms with Crippen molar-refractivity contribution in [3.05, 3.63) is 65.7 Å². The fourth-order valence-electron chi connectivity index (χ4n) is 2.81. The highest BCUT2D eigenvalue weighted by molar-refractivity contribution is 5.70. The average Bonchev–Trinajstić information content (AvgIpc) is 2.62. The predicted molar refractivity (Wildman–Crippen MR) is 96.6 cm³/mol. The molecule has 0 unspecified atom stereocenters. The fourth-order valence-corrected chi connectivity index (χ4v) is 2.81. The minimum absolute atomic E-state index is 0.127. The van der Waals surface area contributed by atoms with Crippen molar-refractivity contribution in [3.63, 3.8) is 0 Å². The van der Waals surface area contributed by atoms with Gasteiger partial charge in [0, 0.05) is 6.04 Å². The molecule has 0 aliphatic heterocycles. The van der Waals surface area contributed by atoms with E-state index in [0.717, 1.165) is 16.9 Å². The molecule has 0 spiro atoms. The van der Waals surface area contributed by atoms with Gasteiger partial charge in [-0.1, -0.05) is 42.5 Å². The predicted octanol–water partition coefficient (Wildman–Crippen LogP) is 2.26. The molecular formula is C20H25NO4. The monoisotopic (exact) mass is 343 g/mol. The van der Waals surface area contributed by atoms with Crippen LogP contribution in [-0.2, 0) is 17.6 Å². The van der Waals surface area contributed by atoms with Crippen LogP contribution < -0.4 is 10.5 Å². The third kappa shape index (κ3) is 5.89. The van der Waals surface area contributed by atoms with Gasteiger partial charge < -0.3 is 20.7 Å². The van der Waals surface area contributed by atoms with E-state index < -0.39 is 24.0 Å². The first-order valence-corrected chi connectivity index (χ1v) is 8.33. The van der Waals surface area contributed by atoms with Crippen LogP contribution >= 0.6 is 0 Å². The molecule has 0 bridgehead atoms. The van der Waals surface area contributed by atoms with Crippen LogP contribution in [0.1, 0.15) is 17.5 Å². The first-order valence-electron chi connectivity index (χ1n) is 8.33. The van der Waals surface area contributed by atoms with Crippen molar-refractivity contribution < 1.29 is 19.7 Å². The highest BCUT2D eigenvalue weighted by Crippen LogP contribution is 2.18. The first kappa shape index (κ1) is 19.0. The maximum Gasteiger partial charge on any atom is 0.306 e. The summed E-state index contributed by atoms with van der Waals surface area (Å²) in [5.41, 5.74) is 8.00. The van der Waals surface area contributed by atoms with Crippen LogP contribution in [0.5, 0.6) is 5.75 Å². The topological polar surface area (TPSA) is 92.8 Å². The van der Waals surface area contributed by atoms with Crippen LogP contribution in [0, 0.1) is 5.92 Å². The Labute approximate surface area is 148 Å². The van der Waals surface area contributed by atoms with Crippen LogP contribution in [0.3, 0.4) is 0 Å². The Morgan fingerprint density at radius 1 is 1.04 bits per heavy atom. The van der Waals surface area contributed by atoms with Crippen LogP contribution in [-0.4, -0.2) is 35.4 Å². The van der Waals surface area contributed by atoms with Crippen LogP contribution in [0.2, 0.25) is 0 Å². The molecule has 0 saturated carbocycles. The van der Waals surface area contributed by atoms with E-state index in [2.05, 4.69) is 0 Å². The molecule has 25 heavy (non-hydrogen) atoms. The lowest BCUT2D eigenvalue weighted by atomic mass is 9.90. The van der Waals surface area contributed by atoms with Crippen molar-refractivity contribution in [2.24, 2.45) is 11.7 Å². The van der Waals surface area contributed by atoms with Gasteiger partial charge in [-0.25, -0.2) is 0 Å². The maximum atomic E-state index is 11.5. The quantitative estimate of drug-likeness (QED) is 0.649. The first-order chi connectivity index (χ1) is 12.0. The Morgan fingerprint density at radius 2 is 1.64 bits per heavy atom. The van der Waals surface area contributed by atoms with E-state index in [1.807, 2.05) is 54.6 Å². The molecule has 5 nitrogen and oxygen atoms in total. The standard InChI is InChI=1S/C20H25NO4/c1-25-17-9-7-15(8-10-17)12-18(21)19(22)13-16(20(23)24)11-14-5-3-2-4-6-14/h2-10,16,18-19,22H,11-13,21H2,1H3,(H,23,24)/t16-,18+,19+/m1/s1. The van der Waals surface area contributed by atoms with E-state index in [1.165, 1.54) is 0 Å². The molecule has 3 atom stereocenters. The molecule has 0 aliphatic carbocycles. The SMILES string of the molecule is COc1ccc(C[C@H](N)[C@@H](O)C[C@@H](Cc2ccccc2)C(=O)O)cc1. The Morgan fingerprint density at radius 3 is 2.20 bits per heavy atom. The Hall–Kier alpha value is -2.37. The largest absolute Gasteiger partial charge is 0.497 e. The summed E-state index contributed by atoms with van der Waals surface area (Å²) in [6.07, 6.45) is 0.0966. The van der Waals surface area contributed by atoms with Gasteiger partial charge >= 0.3 is 5.97 Å². The number of aliphatic carboxylic acids is 1. The molecule has 2 aromatic rings. The zero-order chi connectivity index (χ0) is 18.2. The Bertz CT molecular complexity index is 657. The number of aliphatic hydroxyl groups excluding tert-OH is 1. The van der Waals surface area contributed by atoms with E-state index >= 15 is 0 Å². The van der Waals surface area contributed by atoms with Crippen molar-refractivity contribution >= 4 is 5.97 Å². The normalized spacial score (nSPS) is 14.5. The highest BCUT2D eigenvalue weighted by atomic mass is 16.5. The van der Waals surface area contributed by atoms with Gasteiger partial charge in [-0.05, 0) is 42.5 Å². The van der Waals surface area contributed by atoms with E-state index in [-0.39, 0.29) is 6.42 Å². The van der Waals surface area contributed by atoms with Gasteiger partial charge in [0.1, 0.15) is 5.75 Å². The number of hydrogen-bond donors (Lipinski definition) is 3. The van der Waals surface area contributed by atoms with E-state index in [1.54, 1.807) is 7.11 Å². The van der Waals surface area contributed by atoms with Gasteiger partial charge in [-0.15, -0.1) is 0 Å². The van der Waals surface area contributed by atoms with Crippen molar-refractivity contribution in [3.8, 4) is 5.75 Å². The minimum Gasteiger partial charge on any atom is -0.497 e. The summed E-state index contributed by atoms with van der Waals surface area (Å²) in [6, 6.07) is 16.4. The number of carboxylic acids is 1. The fraction of sp³-hybridized carbons (Fsp3) is 0.350. The second kappa shape index (κ2) is 9.20. The van der Waals surface area contributed by atoms with Crippen LogP contribution in [0.4, 0.5) is 0 Å². The number of nitrogens with two attached hydrogens (primary N) is 1. The van der Waals surface area contributed by atoms with Crippen molar-refractivity contribution in [2.75, 3.05) is 7.11 Å². The second-order valence-corrected chi connectivity index (χ2v) is 6.24. The number of ether oxygens (including phenoxy) is 1. The average molecular weight is 343 g/mol. The molecule has 0 heterocycles. The number of aliphatic hydroxyl groups is 1. The summed E-state index contributed by atoms with van der Waals surface area (Å²) in [6.45, 7) is 0. The number of carboxylic acid groups (broad SMARTS) is 1. The Kier molecular flexibility index (Phi) is 6.98. The van der Waals surface area contributed by atoms with E-state index in [0.29, 0.717) is 12.8 Å². The number of benzene rings is 2.